The number of fused-ring (bicyclic) bond motifs is 3. The molecule has 0 bridgehead atoms. The standard InChI is InChI=1S/C39H46O3P2/c1-26-21-30-31-22-27(2)24-33(39(6,7)8)37(31)42-44(41-36(30)32(23-26)38(3,4)5)40-25-43-34(28-15-11-9-12-16-28)19-20-35(43)29-17-13-10-14-18-29/h9-18,21-24,34-35H,19-20,25H2,1-8H3/t34-,35-/m0/s1. The second-order valence-electron chi connectivity index (χ2n) is 14.5. The van der Waals surface area contributed by atoms with Crippen LogP contribution in [0.15, 0.2) is 93.3 Å². The van der Waals surface area contributed by atoms with Gasteiger partial charge in [-0.15, -0.1) is 0 Å². The second-order valence-corrected chi connectivity index (χ2v) is 18.1. The van der Waals surface area contributed by atoms with E-state index in [2.05, 4.69) is 140 Å². The third kappa shape index (κ3) is 6.30. The van der Waals surface area contributed by atoms with Gasteiger partial charge in [-0.05, 0) is 71.9 Å². The molecular weight excluding hydrogens is 578 g/mol. The van der Waals surface area contributed by atoms with Gasteiger partial charge in [0.15, 0.2) is 0 Å². The summed E-state index contributed by atoms with van der Waals surface area (Å²) in [5, 5.41) is 2.20. The fourth-order valence-electron chi connectivity index (χ4n) is 6.70. The average molecular weight is 625 g/mol. The van der Waals surface area contributed by atoms with E-state index in [4.69, 9.17) is 12.9 Å². The minimum atomic E-state index is -1.69. The lowest BCUT2D eigenvalue weighted by Crippen LogP contribution is -2.12. The van der Waals surface area contributed by atoms with Gasteiger partial charge in [0.2, 0.25) is 0 Å². The first-order chi connectivity index (χ1) is 20.9. The number of aryl methyl sites for hydroxylation is 2. The van der Waals surface area contributed by atoms with Crippen molar-refractivity contribution in [3.05, 3.63) is 118 Å². The summed E-state index contributed by atoms with van der Waals surface area (Å²) in [4.78, 5) is 0. The first-order valence-electron chi connectivity index (χ1n) is 15.9. The molecule has 4 aromatic carbocycles. The highest BCUT2D eigenvalue weighted by molar-refractivity contribution is 7.59. The van der Waals surface area contributed by atoms with Crippen molar-refractivity contribution >= 4 is 38.1 Å². The molecule has 1 aliphatic rings. The molecule has 1 fully saturated rings. The van der Waals surface area contributed by atoms with Crippen LogP contribution in [0.1, 0.15) is 99.1 Å². The fraction of sp³-hybridized carbons (Fsp3) is 0.385. The van der Waals surface area contributed by atoms with E-state index in [1.54, 1.807) is 0 Å². The fourth-order valence-corrected chi connectivity index (χ4v) is 11.3. The van der Waals surface area contributed by atoms with Crippen molar-refractivity contribution in [3.63, 3.8) is 0 Å². The highest BCUT2D eigenvalue weighted by Crippen LogP contribution is 2.70. The highest BCUT2D eigenvalue weighted by atomic mass is 31.1. The summed E-state index contributed by atoms with van der Waals surface area (Å²) in [6, 6.07) is 31.1. The Hall–Kier alpha value is -2.83. The summed E-state index contributed by atoms with van der Waals surface area (Å²) in [5.41, 5.74) is 10.2. The summed E-state index contributed by atoms with van der Waals surface area (Å²) in [6.45, 7) is 17.9. The third-order valence-corrected chi connectivity index (χ3v) is 13.2. The lowest BCUT2D eigenvalue weighted by Gasteiger charge is -2.26. The smallest absolute Gasteiger partial charge is 0.387 e. The van der Waals surface area contributed by atoms with Crippen LogP contribution in [-0.2, 0) is 10.8 Å². The molecule has 0 unspecified atom stereocenters. The lowest BCUT2D eigenvalue weighted by atomic mass is 9.83. The quantitative estimate of drug-likeness (QED) is 0.183. The van der Waals surface area contributed by atoms with E-state index in [0.717, 1.165) is 21.9 Å². The van der Waals surface area contributed by atoms with E-state index in [1.165, 1.54) is 46.2 Å². The summed E-state index contributed by atoms with van der Waals surface area (Å²) in [6.07, 6.45) is 2.98. The first-order valence-corrected chi connectivity index (χ1v) is 18.6. The molecule has 2 heterocycles. The van der Waals surface area contributed by atoms with Gasteiger partial charge in [0.25, 0.3) is 0 Å². The molecule has 0 radical (unpaired) electrons. The van der Waals surface area contributed by atoms with Gasteiger partial charge in [-0.25, -0.2) is 0 Å². The monoisotopic (exact) mass is 624 g/mol. The van der Waals surface area contributed by atoms with Crippen molar-refractivity contribution in [1.29, 1.82) is 0 Å². The topological polar surface area (TPSA) is 35.5 Å². The lowest BCUT2D eigenvalue weighted by molar-refractivity contribution is 0.430. The minimum absolute atomic E-state index is 0.107. The molecule has 0 saturated carbocycles. The van der Waals surface area contributed by atoms with Crippen LogP contribution in [-0.4, -0.2) is 6.35 Å². The number of benzene rings is 4. The Labute approximate surface area is 265 Å². The van der Waals surface area contributed by atoms with Crippen molar-refractivity contribution in [3.8, 4) is 0 Å². The van der Waals surface area contributed by atoms with Crippen molar-refractivity contribution in [1.82, 2.24) is 0 Å². The molecule has 3 nitrogen and oxygen atoms in total. The molecule has 2 atom stereocenters. The summed E-state index contributed by atoms with van der Waals surface area (Å²) in [5.74, 6) is 0. The molecule has 6 rings (SSSR count). The minimum Gasteiger partial charge on any atom is -0.399 e. The van der Waals surface area contributed by atoms with Crippen molar-refractivity contribution < 1.29 is 12.9 Å². The molecule has 5 heteroatoms. The molecule has 230 valence electrons. The average Bonchev–Trinajstić information content (AvgIpc) is 3.34. The van der Waals surface area contributed by atoms with Gasteiger partial charge in [-0.1, -0.05) is 122 Å². The zero-order valence-corrected chi connectivity index (χ0v) is 29.3. The predicted octanol–water partition coefficient (Wildman–Crippen LogP) is 12.6. The van der Waals surface area contributed by atoms with E-state index < -0.39 is 16.2 Å². The van der Waals surface area contributed by atoms with Crippen molar-refractivity contribution in [2.75, 3.05) is 6.35 Å². The van der Waals surface area contributed by atoms with Gasteiger partial charge in [-0.2, -0.15) is 0 Å². The van der Waals surface area contributed by atoms with Crippen molar-refractivity contribution in [2.45, 2.75) is 90.4 Å². The summed E-state index contributed by atoms with van der Waals surface area (Å²) in [7, 11) is -2.22. The van der Waals surface area contributed by atoms with Crippen LogP contribution >= 0.6 is 16.2 Å². The Morgan fingerprint density at radius 1 is 0.636 bits per heavy atom. The van der Waals surface area contributed by atoms with Crippen LogP contribution in [0.25, 0.3) is 21.9 Å². The molecule has 1 aliphatic heterocycles. The Kier molecular flexibility index (Phi) is 8.62. The molecule has 0 amide bonds. The van der Waals surface area contributed by atoms with Crippen LogP contribution in [0.2, 0.25) is 0 Å². The second kappa shape index (κ2) is 12.2. The maximum Gasteiger partial charge on any atom is 0.387 e. The van der Waals surface area contributed by atoms with E-state index in [-0.39, 0.29) is 10.8 Å². The SMILES string of the molecule is Cc1cc(C(C)(C)C)c2op(OCP3[C@H](c4ccccc4)CC[C@H]3c3ccccc3)oc3c(C(C)(C)C)cc(C)cc3c2c1. The molecule has 44 heavy (non-hydrogen) atoms. The molecule has 0 aliphatic carbocycles. The van der Waals surface area contributed by atoms with Gasteiger partial charge in [-0.3, -0.25) is 4.52 Å². The van der Waals surface area contributed by atoms with Gasteiger partial charge >= 0.3 is 8.24 Å². The molecule has 0 N–H and O–H groups in total. The van der Waals surface area contributed by atoms with Crippen molar-refractivity contribution in [2.24, 2.45) is 0 Å². The Morgan fingerprint density at radius 3 is 1.43 bits per heavy atom. The molecular formula is C39H46O3P2. The van der Waals surface area contributed by atoms with Crippen LogP contribution in [0, 0.1) is 13.8 Å². The van der Waals surface area contributed by atoms with E-state index in [1.807, 2.05) is 0 Å². The molecule has 1 aromatic heterocycles. The maximum absolute atomic E-state index is 6.93. The number of hydrogen-bond acceptors (Lipinski definition) is 3. The number of rotatable bonds is 5. The van der Waals surface area contributed by atoms with Crippen LogP contribution < -0.4 is 4.52 Å². The molecule has 0 spiro atoms. The van der Waals surface area contributed by atoms with Gasteiger partial charge < -0.3 is 8.39 Å². The Morgan fingerprint density at radius 2 is 1.05 bits per heavy atom. The highest BCUT2D eigenvalue weighted by Gasteiger charge is 2.38. The molecule has 1 saturated heterocycles. The summed E-state index contributed by atoms with van der Waals surface area (Å²) < 4.78 is 20.8. The Balaban J connectivity index is 1.53. The van der Waals surface area contributed by atoms with Gasteiger partial charge in [0.1, 0.15) is 11.2 Å². The van der Waals surface area contributed by atoms with Gasteiger partial charge in [0.05, 0.1) is 6.35 Å². The molecule has 5 aromatic rings. The zero-order chi connectivity index (χ0) is 31.2. The third-order valence-electron chi connectivity index (χ3n) is 8.90. The van der Waals surface area contributed by atoms with E-state index in [9.17, 15) is 0 Å². The van der Waals surface area contributed by atoms with E-state index in [0.29, 0.717) is 17.7 Å². The normalized spacial score (nSPS) is 17.9. The predicted molar refractivity (Wildman–Crippen MR) is 189 cm³/mol. The largest absolute Gasteiger partial charge is 0.399 e. The maximum atomic E-state index is 6.93. The Bertz CT molecular complexity index is 1680. The summed E-state index contributed by atoms with van der Waals surface area (Å²) >= 11 is 0. The first kappa shape index (κ1) is 31.2. The van der Waals surface area contributed by atoms with Crippen LogP contribution in [0.5, 0.6) is 0 Å². The zero-order valence-electron chi connectivity index (χ0n) is 27.5. The van der Waals surface area contributed by atoms with E-state index >= 15 is 0 Å². The van der Waals surface area contributed by atoms with Crippen LogP contribution in [0.3, 0.4) is 0 Å². The van der Waals surface area contributed by atoms with Gasteiger partial charge in [0, 0.05) is 33.2 Å². The number of hydrogen-bond donors (Lipinski definition) is 0. The van der Waals surface area contributed by atoms with Crippen LogP contribution in [0.4, 0.5) is 0 Å².